The average Bonchev–Trinajstić information content (AvgIpc) is 2.39. The summed E-state index contributed by atoms with van der Waals surface area (Å²) in [5, 5.41) is 9.20. The van der Waals surface area contributed by atoms with Crippen LogP contribution in [0.4, 0.5) is 0 Å². The van der Waals surface area contributed by atoms with Gasteiger partial charge in [-0.15, -0.1) is 0 Å². The topological polar surface area (TPSA) is 49.8 Å². The van der Waals surface area contributed by atoms with Crippen molar-refractivity contribution in [3.05, 3.63) is 35.4 Å². The van der Waals surface area contributed by atoms with Crippen molar-refractivity contribution in [1.29, 1.82) is 0 Å². The fraction of sp³-hybridized carbons (Fsp3) is 0.562. The van der Waals surface area contributed by atoms with Crippen molar-refractivity contribution in [3.63, 3.8) is 0 Å². The van der Waals surface area contributed by atoms with Crippen LogP contribution in [0.5, 0.6) is 0 Å². The van der Waals surface area contributed by atoms with Gasteiger partial charge in [0.1, 0.15) is 0 Å². The Kier molecular flexibility index (Phi) is 6.17. The number of benzene rings is 1. The minimum Gasteiger partial charge on any atom is -0.395 e. The van der Waals surface area contributed by atoms with Gasteiger partial charge in [-0.25, -0.2) is 0 Å². The van der Waals surface area contributed by atoms with Crippen molar-refractivity contribution in [2.24, 2.45) is 5.41 Å². The van der Waals surface area contributed by atoms with Gasteiger partial charge in [-0.3, -0.25) is 4.79 Å². The highest BCUT2D eigenvalue weighted by atomic mass is 16.5. The molecule has 0 radical (unpaired) electrons. The first-order valence-electron chi connectivity index (χ1n) is 6.86. The predicted octanol–water partition coefficient (Wildman–Crippen LogP) is 1.99. The second-order valence-corrected chi connectivity index (χ2v) is 5.69. The van der Waals surface area contributed by atoms with E-state index in [0.29, 0.717) is 19.7 Å². The fourth-order valence-electron chi connectivity index (χ4n) is 2.22. The summed E-state index contributed by atoms with van der Waals surface area (Å²) >= 11 is 0. The van der Waals surface area contributed by atoms with Gasteiger partial charge in [0.25, 0.3) is 0 Å². The highest BCUT2D eigenvalue weighted by Crippen LogP contribution is 2.21. The van der Waals surface area contributed by atoms with Crippen molar-refractivity contribution in [2.45, 2.75) is 27.3 Å². The van der Waals surface area contributed by atoms with E-state index in [0.717, 1.165) is 11.1 Å². The van der Waals surface area contributed by atoms with E-state index in [1.165, 1.54) is 0 Å². The maximum absolute atomic E-state index is 12.6. The highest BCUT2D eigenvalue weighted by Gasteiger charge is 2.32. The maximum atomic E-state index is 12.6. The zero-order chi connectivity index (χ0) is 15.2. The van der Waals surface area contributed by atoms with Crippen LogP contribution in [-0.2, 0) is 16.1 Å². The number of hydrogen-bond donors (Lipinski definition) is 1. The number of nitrogens with zero attached hydrogens (tertiary/aromatic N) is 1. The van der Waals surface area contributed by atoms with E-state index in [1.807, 2.05) is 45.0 Å². The Labute approximate surface area is 121 Å². The van der Waals surface area contributed by atoms with E-state index < -0.39 is 5.41 Å². The molecule has 1 amide bonds. The fourth-order valence-corrected chi connectivity index (χ4v) is 2.22. The van der Waals surface area contributed by atoms with Crippen molar-refractivity contribution >= 4 is 5.91 Å². The molecule has 0 aromatic heterocycles. The van der Waals surface area contributed by atoms with Crippen LogP contribution in [0.15, 0.2) is 24.3 Å². The molecule has 0 saturated carbocycles. The van der Waals surface area contributed by atoms with Gasteiger partial charge in [0.15, 0.2) is 0 Å². The van der Waals surface area contributed by atoms with Gasteiger partial charge in [-0.1, -0.05) is 24.3 Å². The molecule has 1 rings (SSSR count). The Morgan fingerprint density at radius 1 is 1.35 bits per heavy atom. The molecule has 0 fully saturated rings. The summed E-state index contributed by atoms with van der Waals surface area (Å²) in [7, 11) is 1.59. The zero-order valence-electron chi connectivity index (χ0n) is 12.8. The van der Waals surface area contributed by atoms with Gasteiger partial charge >= 0.3 is 0 Å². The van der Waals surface area contributed by atoms with Crippen molar-refractivity contribution < 1.29 is 14.6 Å². The number of methoxy groups -OCH3 is 1. The van der Waals surface area contributed by atoms with Gasteiger partial charge < -0.3 is 14.7 Å². The summed E-state index contributed by atoms with van der Waals surface area (Å²) in [6, 6.07) is 7.98. The van der Waals surface area contributed by atoms with Gasteiger partial charge in [-0.05, 0) is 31.9 Å². The van der Waals surface area contributed by atoms with Gasteiger partial charge in [0, 0.05) is 20.2 Å². The normalized spacial score (nSPS) is 11.4. The van der Waals surface area contributed by atoms with Gasteiger partial charge in [-0.2, -0.15) is 0 Å². The van der Waals surface area contributed by atoms with Crippen LogP contribution >= 0.6 is 0 Å². The number of rotatable bonds is 7. The zero-order valence-corrected chi connectivity index (χ0v) is 12.8. The molecule has 20 heavy (non-hydrogen) atoms. The highest BCUT2D eigenvalue weighted by molar-refractivity contribution is 5.82. The number of amides is 1. The molecule has 0 aliphatic heterocycles. The monoisotopic (exact) mass is 279 g/mol. The minimum absolute atomic E-state index is 0.00310. The van der Waals surface area contributed by atoms with Crippen molar-refractivity contribution in [2.75, 3.05) is 26.9 Å². The van der Waals surface area contributed by atoms with Gasteiger partial charge in [0.05, 0.1) is 18.6 Å². The molecule has 0 bridgehead atoms. The van der Waals surface area contributed by atoms with E-state index in [2.05, 4.69) is 0 Å². The third-order valence-electron chi connectivity index (χ3n) is 3.36. The second kappa shape index (κ2) is 7.41. The first-order chi connectivity index (χ1) is 9.42. The molecule has 0 aliphatic rings. The summed E-state index contributed by atoms with van der Waals surface area (Å²) in [4.78, 5) is 14.3. The molecule has 0 aliphatic carbocycles. The van der Waals surface area contributed by atoms with Crippen LogP contribution in [0.2, 0.25) is 0 Å². The Balaban J connectivity index is 2.89. The summed E-state index contributed by atoms with van der Waals surface area (Å²) in [5.41, 5.74) is 1.65. The van der Waals surface area contributed by atoms with Crippen LogP contribution in [0.3, 0.4) is 0 Å². The number of aliphatic hydroxyl groups excluding tert-OH is 1. The molecule has 4 nitrogen and oxygen atoms in total. The second-order valence-electron chi connectivity index (χ2n) is 5.69. The van der Waals surface area contributed by atoms with Crippen LogP contribution in [0.25, 0.3) is 0 Å². The van der Waals surface area contributed by atoms with E-state index in [4.69, 9.17) is 4.74 Å². The molecule has 0 unspecified atom stereocenters. The summed E-state index contributed by atoms with van der Waals surface area (Å²) < 4.78 is 5.12. The lowest BCUT2D eigenvalue weighted by molar-refractivity contribution is -0.144. The predicted molar refractivity (Wildman–Crippen MR) is 79.3 cm³/mol. The molecular formula is C16H25NO3. The number of ether oxygens (including phenoxy) is 1. The van der Waals surface area contributed by atoms with E-state index >= 15 is 0 Å². The smallest absolute Gasteiger partial charge is 0.230 e. The Morgan fingerprint density at radius 2 is 2.00 bits per heavy atom. The first kappa shape index (κ1) is 16.7. The molecule has 1 aromatic carbocycles. The molecular weight excluding hydrogens is 254 g/mol. The summed E-state index contributed by atoms with van der Waals surface area (Å²) in [6.07, 6.45) is 0. The van der Waals surface area contributed by atoms with E-state index in [9.17, 15) is 9.90 Å². The maximum Gasteiger partial charge on any atom is 0.230 e. The number of aliphatic hydroxyl groups is 1. The number of carbonyl (C=O) groups excluding carboxylic acids is 1. The number of hydrogen-bond acceptors (Lipinski definition) is 3. The Hall–Kier alpha value is -1.39. The molecule has 0 heterocycles. The number of aryl methyl sites for hydroxylation is 1. The molecule has 0 saturated heterocycles. The van der Waals surface area contributed by atoms with Crippen molar-refractivity contribution in [3.8, 4) is 0 Å². The van der Waals surface area contributed by atoms with Crippen molar-refractivity contribution in [1.82, 2.24) is 4.90 Å². The molecule has 0 atom stereocenters. The third kappa shape index (κ3) is 4.32. The van der Waals surface area contributed by atoms with Crippen LogP contribution in [-0.4, -0.2) is 42.8 Å². The van der Waals surface area contributed by atoms with E-state index in [1.54, 1.807) is 12.0 Å². The standard InChI is InChI=1S/C16H25NO3/c1-13-7-5-6-8-14(13)11-17(9-10-18)15(19)16(2,3)12-20-4/h5-8,18H,9-12H2,1-4H3. The lowest BCUT2D eigenvalue weighted by Gasteiger charge is -2.31. The van der Waals surface area contributed by atoms with Crippen LogP contribution < -0.4 is 0 Å². The summed E-state index contributed by atoms with van der Waals surface area (Å²) in [5.74, 6) is -0.00310. The SMILES string of the molecule is COCC(C)(C)C(=O)N(CCO)Cc1ccccc1C. The van der Waals surface area contributed by atoms with E-state index in [-0.39, 0.29) is 12.5 Å². The molecule has 112 valence electrons. The molecule has 4 heteroatoms. The third-order valence-corrected chi connectivity index (χ3v) is 3.36. The lowest BCUT2D eigenvalue weighted by atomic mass is 9.92. The quantitative estimate of drug-likeness (QED) is 0.830. The Morgan fingerprint density at radius 3 is 2.55 bits per heavy atom. The minimum atomic E-state index is -0.591. The van der Waals surface area contributed by atoms with Gasteiger partial charge in [0.2, 0.25) is 5.91 Å². The first-order valence-corrected chi connectivity index (χ1v) is 6.86. The average molecular weight is 279 g/mol. The molecule has 1 aromatic rings. The number of carbonyl (C=O) groups is 1. The van der Waals surface area contributed by atoms with Crippen LogP contribution in [0.1, 0.15) is 25.0 Å². The summed E-state index contributed by atoms with van der Waals surface area (Å²) in [6.45, 7) is 6.92. The largest absolute Gasteiger partial charge is 0.395 e. The Bertz CT molecular complexity index is 443. The molecule has 0 spiro atoms. The molecule has 1 N–H and O–H groups in total. The van der Waals surface area contributed by atoms with Crippen LogP contribution in [0, 0.1) is 12.3 Å². The lowest BCUT2D eigenvalue weighted by Crippen LogP contribution is -2.44.